The molecule has 5 heteroatoms. The highest BCUT2D eigenvalue weighted by molar-refractivity contribution is 6.30. The molecule has 2 heterocycles. The monoisotopic (exact) mass is 294 g/mol. The van der Waals surface area contributed by atoms with E-state index in [2.05, 4.69) is 26.8 Å². The first-order chi connectivity index (χ1) is 10.2. The van der Waals surface area contributed by atoms with Crippen molar-refractivity contribution < 1.29 is 0 Å². The second-order valence-electron chi connectivity index (χ2n) is 4.37. The molecule has 0 saturated heterocycles. The molecule has 0 radical (unpaired) electrons. The minimum Gasteiger partial charge on any atom is -0.287 e. The van der Waals surface area contributed by atoms with Gasteiger partial charge in [-0.05, 0) is 37.1 Å². The topological polar surface area (TPSA) is 43.6 Å². The largest absolute Gasteiger partial charge is 0.287 e. The van der Waals surface area contributed by atoms with Crippen molar-refractivity contribution in [1.82, 2.24) is 19.5 Å². The van der Waals surface area contributed by atoms with Gasteiger partial charge in [0.2, 0.25) is 0 Å². The van der Waals surface area contributed by atoms with Crippen molar-refractivity contribution in [3.8, 4) is 17.7 Å². The van der Waals surface area contributed by atoms with Crippen LogP contribution < -0.4 is 0 Å². The zero-order valence-corrected chi connectivity index (χ0v) is 12.0. The second kappa shape index (κ2) is 5.78. The van der Waals surface area contributed by atoms with Gasteiger partial charge in [-0.2, -0.15) is 0 Å². The predicted molar refractivity (Wildman–Crippen MR) is 81.3 cm³/mol. The maximum atomic E-state index is 5.93. The van der Waals surface area contributed by atoms with Gasteiger partial charge in [0.1, 0.15) is 23.7 Å². The second-order valence-corrected chi connectivity index (χ2v) is 4.81. The van der Waals surface area contributed by atoms with Crippen LogP contribution in [0.25, 0.3) is 5.82 Å². The molecule has 0 atom stereocenters. The quantitative estimate of drug-likeness (QED) is 0.648. The third-order valence-corrected chi connectivity index (χ3v) is 3.09. The van der Waals surface area contributed by atoms with Crippen LogP contribution in [0.3, 0.4) is 0 Å². The molecule has 0 aliphatic heterocycles. The summed E-state index contributed by atoms with van der Waals surface area (Å²) < 4.78 is 1.88. The summed E-state index contributed by atoms with van der Waals surface area (Å²) in [5.41, 5.74) is 1.54. The Labute approximate surface area is 127 Å². The molecular formula is C16H11ClN4. The van der Waals surface area contributed by atoms with E-state index in [0.717, 1.165) is 17.2 Å². The molecule has 0 aliphatic carbocycles. The molecule has 102 valence electrons. The normalized spacial score (nSPS) is 10.0. The van der Waals surface area contributed by atoms with Crippen molar-refractivity contribution in [2.45, 2.75) is 6.92 Å². The lowest BCUT2D eigenvalue weighted by atomic mass is 10.2. The van der Waals surface area contributed by atoms with Crippen LogP contribution in [0.1, 0.15) is 17.1 Å². The summed E-state index contributed by atoms with van der Waals surface area (Å²) >= 11 is 5.93. The van der Waals surface area contributed by atoms with Crippen LogP contribution in [0.5, 0.6) is 0 Å². The first kappa shape index (κ1) is 13.3. The Bertz CT molecular complexity index is 828. The zero-order valence-electron chi connectivity index (χ0n) is 11.3. The number of aromatic nitrogens is 4. The fourth-order valence-electron chi connectivity index (χ4n) is 1.89. The lowest BCUT2D eigenvalue weighted by molar-refractivity contribution is 0.920. The minimum atomic E-state index is 0.671. The molecule has 0 bridgehead atoms. The average molecular weight is 295 g/mol. The zero-order chi connectivity index (χ0) is 14.7. The van der Waals surface area contributed by atoms with Gasteiger partial charge in [-0.25, -0.2) is 15.0 Å². The molecule has 0 fully saturated rings. The summed E-state index contributed by atoms with van der Waals surface area (Å²) in [5, 5.41) is 0.671. The number of benzene rings is 1. The van der Waals surface area contributed by atoms with E-state index in [1.807, 2.05) is 48.0 Å². The molecule has 3 aromatic rings. The molecule has 0 amide bonds. The lowest BCUT2D eigenvalue weighted by Crippen LogP contribution is -1.97. The van der Waals surface area contributed by atoms with Crippen LogP contribution in [-0.4, -0.2) is 19.5 Å². The van der Waals surface area contributed by atoms with Gasteiger partial charge in [-0.1, -0.05) is 23.6 Å². The maximum Gasteiger partial charge on any atom is 0.141 e. The van der Waals surface area contributed by atoms with Gasteiger partial charge in [0.25, 0.3) is 0 Å². The van der Waals surface area contributed by atoms with Crippen molar-refractivity contribution in [2.24, 2.45) is 0 Å². The number of aryl methyl sites for hydroxylation is 1. The Balaban J connectivity index is 1.92. The van der Waals surface area contributed by atoms with E-state index in [0.29, 0.717) is 10.7 Å². The predicted octanol–water partition coefficient (Wildman–Crippen LogP) is 3.02. The summed E-state index contributed by atoms with van der Waals surface area (Å²) in [7, 11) is 0. The molecule has 2 aromatic heterocycles. The Kier molecular flexibility index (Phi) is 3.67. The van der Waals surface area contributed by atoms with Crippen molar-refractivity contribution in [1.29, 1.82) is 0 Å². The van der Waals surface area contributed by atoms with Gasteiger partial charge in [-0.3, -0.25) is 4.57 Å². The molecule has 0 saturated carbocycles. The molecule has 21 heavy (non-hydrogen) atoms. The Morgan fingerprint density at radius 1 is 1.19 bits per heavy atom. The van der Waals surface area contributed by atoms with Gasteiger partial charge in [-0.15, -0.1) is 0 Å². The number of rotatable bonds is 1. The van der Waals surface area contributed by atoms with Gasteiger partial charge in [0.05, 0.1) is 0 Å². The molecule has 0 aliphatic rings. The first-order valence-electron chi connectivity index (χ1n) is 6.32. The molecule has 0 unspecified atom stereocenters. The van der Waals surface area contributed by atoms with Gasteiger partial charge < -0.3 is 0 Å². The van der Waals surface area contributed by atoms with E-state index >= 15 is 0 Å². The highest BCUT2D eigenvalue weighted by Gasteiger charge is 2.04. The highest BCUT2D eigenvalue weighted by atomic mass is 35.5. The van der Waals surface area contributed by atoms with E-state index in [1.165, 1.54) is 6.33 Å². The summed E-state index contributed by atoms with van der Waals surface area (Å²) in [5.74, 6) is 7.68. The Morgan fingerprint density at radius 2 is 2.10 bits per heavy atom. The SMILES string of the molecule is Cc1nc(C#Cc2cccc(Cl)c2)cn1-c1ccncn1. The van der Waals surface area contributed by atoms with Crippen LogP contribution in [0.4, 0.5) is 0 Å². The molecular weight excluding hydrogens is 284 g/mol. The van der Waals surface area contributed by atoms with Crippen LogP contribution >= 0.6 is 11.6 Å². The van der Waals surface area contributed by atoms with E-state index < -0.39 is 0 Å². The summed E-state index contributed by atoms with van der Waals surface area (Å²) in [6.07, 6.45) is 5.06. The summed E-state index contributed by atoms with van der Waals surface area (Å²) in [4.78, 5) is 12.5. The molecule has 0 spiro atoms. The van der Waals surface area contributed by atoms with Crippen LogP contribution in [0, 0.1) is 18.8 Å². The van der Waals surface area contributed by atoms with Crippen LogP contribution in [0.15, 0.2) is 49.1 Å². The van der Waals surface area contributed by atoms with Gasteiger partial charge >= 0.3 is 0 Å². The van der Waals surface area contributed by atoms with Crippen molar-refractivity contribution in [3.63, 3.8) is 0 Å². The summed E-state index contributed by atoms with van der Waals surface area (Å²) in [6, 6.07) is 9.25. The number of hydrogen-bond donors (Lipinski definition) is 0. The highest BCUT2D eigenvalue weighted by Crippen LogP contribution is 2.11. The van der Waals surface area contributed by atoms with Crippen LogP contribution in [-0.2, 0) is 0 Å². The van der Waals surface area contributed by atoms with E-state index in [4.69, 9.17) is 11.6 Å². The minimum absolute atomic E-state index is 0.671. The van der Waals surface area contributed by atoms with Crippen LogP contribution in [0.2, 0.25) is 5.02 Å². The Hall–Kier alpha value is -2.64. The van der Waals surface area contributed by atoms with E-state index in [9.17, 15) is 0 Å². The number of imidazole rings is 1. The molecule has 3 rings (SSSR count). The summed E-state index contributed by atoms with van der Waals surface area (Å²) in [6.45, 7) is 1.91. The third-order valence-electron chi connectivity index (χ3n) is 2.85. The van der Waals surface area contributed by atoms with E-state index in [-0.39, 0.29) is 0 Å². The fraction of sp³-hybridized carbons (Fsp3) is 0.0625. The standard InChI is InChI=1S/C16H11ClN4/c1-12-20-15(6-5-13-3-2-4-14(17)9-13)10-21(12)16-7-8-18-11-19-16/h2-4,7-11H,1H3. The maximum absolute atomic E-state index is 5.93. The molecule has 1 aromatic carbocycles. The van der Waals surface area contributed by atoms with E-state index in [1.54, 1.807) is 6.20 Å². The number of halogens is 1. The van der Waals surface area contributed by atoms with Gasteiger partial charge in [0, 0.05) is 23.0 Å². The fourth-order valence-corrected chi connectivity index (χ4v) is 2.08. The smallest absolute Gasteiger partial charge is 0.141 e. The molecule has 4 nitrogen and oxygen atoms in total. The Morgan fingerprint density at radius 3 is 2.86 bits per heavy atom. The van der Waals surface area contributed by atoms with Crippen molar-refractivity contribution in [2.75, 3.05) is 0 Å². The van der Waals surface area contributed by atoms with Crippen molar-refractivity contribution >= 4 is 11.6 Å². The van der Waals surface area contributed by atoms with Crippen molar-refractivity contribution in [3.05, 3.63) is 71.2 Å². The third kappa shape index (κ3) is 3.10. The number of hydrogen-bond acceptors (Lipinski definition) is 3. The lowest BCUT2D eigenvalue weighted by Gasteiger charge is -2.00. The first-order valence-corrected chi connectivity index (χ1v) is 6.70. The number of nitrogens with zero attached hydrogens (tertiary/aromatic N) is 4. The van der Waals surface area contributed by atoms with Gasteiger partial charge in [0.15, 0.2) is 0 Å². The average Bonchev–Trinajstić information content (AvgIpc) is 2.87. The molecule has 0 N–H and O–H groups in total.